The molecule has 3 heteroatoms. The molecule has 0 amide bonds. The fourth-order valence-electron chi connectivity index (χ4n) is 5.12. The summed E-state index contributed by atoms with van der Waals surface area (Å²) >= 11 is 1.97. The number of thioether (sulfide) groups is 1. The quantitative estimate of drug-likeness (QED) is 0.0901. The van der Waals surface area contributed by atoms with Gasteiger partial charge in [0.05, 0.1) is 13.0 Å². The molecule has 2 atom stereocenters. The van der Waals surface area contributed by atoms with Crippen LogP contribution in [0.4, 0.5) is 0 Å². The predicted molar refractivity (Wildman–Crippen MR) is 153 cm³/mol. The molecule has 2 nitrogen and oxygen atoms in total. The lowest BCUT2D eigenvalue weighted by atomic mass is 9.85. The van der Waals surface area contributed by atoms with Crippen LogP contribution in [0.2, 0.25) is 0 Å². The van der Waals surface area contributed by atoms with Crippen molar-refractivity contribution >= 4 is 17.7 Å². The molecular formula is C31H58O2S. The zero-order valence-electron chi connectivity index (χ0n) is 23.4. The van der Waals surface area contributed by atoms with Crippen molar-refractivity contribution in [2.75, 3.05) is 12.4 Å². The minimum absolute atomic E-state index is 0.00364. The number of allylic oxidation sites excluding steroid dienone is 1. The second kappa shape index (κ2) is 21.8. The lowest BCUT2D eigenvalue weighted by Crippen LogP contribution is -2.20. The molecule has 0 radical (unpaired) electrons. The van der Waals surface area contributed by atoms with E-state index >= 15 is 0 Å². The van der Waals surface area contributed by atoms with E-state index in [1.165, 1.54) is 121 Å². The van der Waals surface area contributed by atoms with Crippen molar-refractivity contribution in [3.05, 3.63) is 11.1 Å². The van der Waals surface area contributed by atoms with Crippen molar-refractivity contribution in [1.82, 2.24) is 0 Å². The predicted octanol–water partition coefficient (Wildman–Crippen LogP) is 10.4. The summed E-state index contributed by atoms with van der Waals surface area (Å²) in [5.41, 5.74) is 3.11. The van der Waals surface area contributed by atoms with E-state index in [-0.39, 0.29) is 5.97 Å². The van der Waals surface area contributed by atoms with Gasteiger partial charge in [0, 0.05) is 11.0 Å². The van der Waals surface area contributed by atoms with Crippen LogP contribution in [-0.4, -0.2) is 23.6 Å². The number of unbranched alkanes of at least 4 members (excludes halogenated alkanes) is 15. The van der Waals surface area contributed by atoms with Crippen molar-refractivity contribution in [3.63, 3.8) is 0 Å². The van der Waals surface area contributed by atoms with Crippen LogP contribution in [0.25, 0.3) is 0 Å². The van der Waals surface area contributed by atoms with Crippen molar-refractivity contribution < 1.29 is 9.53 Å². The first-order valence-corrected chi connectivity index (χ1v) is 16.0. The average molecular weight is 495 g/mol. The van der Waals surface area contributed by atoms with Crippen LogP contribution >= 0.6 is 11.8 Å². The third-order valence-electron chi connectivity index (χ3n) is 7.44. The highest BCUT2D eigenvalue weighted by Crippen LogP contribution is 2.37. The zero-order valence-corrected chi connectivity index (χ0v) is 24.3. The van der Waals surface area contributed by atoms with E-state index < -0.39 is 0 Å². The Morgan fingerprint density at radius 1 is 0.824 bits per heavy atom. The SMILES string of the molecule is CCCCCCCCCCCCCCCCCCOC(=O)CCSC1CC(C)CCC1=C(C)C. The Hall–Kier alpha value is -0.440. The van der Waals surface area contributed by atoms with Gasteiger partial charge in [-0.1, -0.05) is 121 Å². The highest BCUT2D eigenvalue weighted by Gasteiger charge is 2.24. The molecule has 0 aromatic heterocycles. The van der Waals surface area contributed by atoms with Gasteiger partial charge in [-0.2, -0.15) is 11.8 Å². The molecule has 1 fully saturated rings. The number of rotatable bonds is 21. The minimum Gasteiger partial charge on any atom is -0.466 e. The van der Waals surface area contributed by atoms with Crippen molar-refractivity contribution in [3.8, 4) is 0 Å². The topological polar surface area (TPSA) is 26.3 Å². The smallest absolute Gasteiger partial charge is 0.306 e. The second-order valence-corrected chi connectivity index (χ2v) is 12.3. The summed E-state index contributed by atoms with van der Waals surface area (Å²) in [5.74, 6) is 1.70. The van der Waals surface area contributed by atoms with Crippen molar-refractivity contribution in [1.29, 1.82) is 0 Å². The van der Waals surface area contributed by atoms with E-state index in [2.05, 4.69) is 27.7 Å². The van der Waals surface area contributed by atoms with Crippen molar-refractivity contribution in [2.45, 2.75) is 161 Å². The Morgan fingerprint density at radius 3 is 1.82 bits per heavy atom. The first kappa shape index (κ1) is 31.6. The van der Waals surface area contributed by atoms with E-state index in [1.54, 1.807) is 5.57 Å². The summed E-state index contributed by atoms with van der Waals surface area (Å²) in [5, 5.41) is 0.613. The molecule has 2 unspecified atom stereocenters. The summed E-state index contributed by atoms with van der Waals surface area (Å²) in [6.45, 7) is 9.75. The Balaban J connectivity index is 1.85. The number of carbonyl (C=O) groups is 1. The second-order valence-electron chi connectivity index (χ2n) is 11.0. The standard InChI is InChI=1S/C31H58O2S/c1-5-6-7-8-9-10-11-12-13-14-15-16-17-18-19-20-24-33-31(32)23-25-34-30-26-28(4)21-22-29(30)27(2)3/h28,30H,5-26H2,1-4H3. The molecule has 0 aromatic carbocycles. The fourth-order valence-corrected chi connectivity index (χ4v) is 6.71. The lowest BCUT2D eigenvalue weighted by Gasteiger charge is -2.30. The molecule has 1 saturated carbocycles. The molecule has 0 aliphatic heterocycles. The van der Waals surface area contributed by atoms with Gasteiger partial charge in [0.15, 0.2) is 0 Å². The highest BCUT2D eigenvalue weighted by atomic mass is 32.2. The largest absolute Gasteiger partial charge is 0.466 e. The molecule has 1 rings (SSSR count). The molecule has 1 aliphatic carbocycles. The Morgan fingerprint density at radius 2 is 1.32 bits per heavy atom. The monoisotopic (exact) mass is 494 g/mol. The van der Waals surface area contributed by atoms with Gasteiger partial charge >= 0.3 is 5.97 Å². The first-order chi connectivity index (χ1) is 16.5. The third kappa shape index (κ3) is 17.1. The summed E-state index contributed by atoms with van der Waals surface area (Å²) in [7, 11) is 0. The Bertz CT molecular complexity index is 524. The molecule has 0 N–H and O–H groups in total. The Labute approximate surface area is 217 Å². The molecule has 0 aromatic rings. The molecule has 200 valence electrons. The van der Waals surface area contributed by atoms with E-state index in [0.717, 1.165) is 18.1 Å². The number of hydrogen-bond donors (Lipinski definition) is 0. The normalized spacial score (nSPS) is 18.3. The molecule has 0 bridgehead atoms. The molecule has 34 heavy (non-hydrogen) atoms. The van der Waals surface area contributed by atoms with Gasteiger partial charge in [-0.05, 0) is 45.4 Å². The van der Waals surface area contributed by atoms with Crippen LogP contribution in [0.15, 0.2) is 11.1 Å². The fraction of sp³-hybridized carbons (Fsp3) is 0.903. The maximum atomic E-state index is 12.1. The van der Waals surface area contributed by atoms with Crippen LogP contribution in [-0.2, 0) is 9.53 Å². The molecule has 1 aliphatic rings. The van der Waals surface area contributed by atoms with Crippen LogP contribution < -0.4 is 0 Å². The summed E-state index contributed by atoms with van der Waals surface area (Å²) < 4.78 is 5.48. The Kier molecular flexibility index (Phi) is 20.3. The van der Waals surface area contributed by atoms with Gasteiger partial charge in [0.2, 0.25) is 0 Å². The van der Waals surface area contributed by atoms with Gasteiger partial charge < -0.3 is 4.74 Å². The summed E-state index contributed by atoms with van der Waals surface area (Å²) in [4.78, 5) is 12.1. The number of hydrogen-bond acceptors (Lipinski definition) is 3. The van der Waals surface area contributed by atoms with Gasteiger partial charge in [0.25, 0.3) is 0 Å². The maximum absolute atomic E-state index is 12.1. The maximum Gasteiger partial charge on any atom is 0.306 e. The number of carbonyl (C=O) groups excluding carboxylic acids is 1. The van der Waals surface area contributed by atoms with Crippen LogP contribution in [0, 0.1) is 5.92 Å². The van der Waals surface area contributed by atoms with Crippen LogP contribution in [0.1, 0.15) is 156 Å². The average Bonchev–Trinajstić information content (AvgIpc) is 2.81. The van der Waals surface area contributed by atoms with E-state index in [4.69, 9.17) is 4.74 Å². The van der Waals surface area contributed by atoms with Crippen LogP contribution in [0.3, 0.4) is 0 Å². The number of ether oxygens (including phenoxy) is 1. The molecular weight excluding hydrogens is 436 g/mol. The van der Waals surface area contributed by atoms with Gasteiger partial charge in [-0.15, -0.1) is 0 Å². The van der Waals surface area contributed by atoms with E-state index in [0.29, 0.717) is 18.3 Å². The van der Waals surface area contributed by atoms with E-state index in [9.17, 15) is 4.79 Å². The highest BCUT2D eigenvalue weighted by molar-refractivity contribution is 8.00. The molecule has 0 spiro atoms. The van der Waals surface area contributed by atoms with Crippen LogP contribution in [0.5, 0.6) is 0 Å². The summed E-state index contributed by atoms with van der Waals surface area (Å²) in [6, 6.07) is 0. The minimum atomic E-state index is -0.00364. The van der Waals surface area contributed by atoms with Gasteiger partial charge in [-0.25, -0.2) is 0 Å². The molecule has 0 saturated heterocycles. The lowest BCUT2D eigenvalue weighted by molar-refractivity contribution is -0.143. The first-order valence-electron chi connectivity index (χ1n) is 15.0. The van der Waals surface area contributed by atoms with Gasteiger partial charge in [-0.3, -0.25) is 4.79 Å². The summed E-state index contributed by atoms with van der Waals surface area (Å²) in [6.07, 6.45) is 26.3. The van der Waals surface area contributed by atoms with Crippen molar-refractivity contribution in [2.24, 2.45) is 5.92 Å². The third-order valence-corrected chi connectivity index (χ3v) is 8.76. The molecule has 0 heterocycles. The zero-order chi connectivity index (χ0) is 24.9. The van der Waals surface area contributed by atoms with Gasteiger partial charge in [0.1, 0.15) is 0 Å². The number of esters is 1. The van der Waals surface area contributed by atoms with E-state index in [1.807, 2.05) is 11.8 Å².